The molecule has 60 heavy (non-hydrogen) atoms. The molecular formula is C48H38Cl2N4O6. The van der Waals surface area contributed by atoms with E-state index in [1.165, 1.54) is 0 Å². The Morgan fingerprint density at radius 2 is 1.62 bits per heavy atom. The molecule has 3 atom stereocenters. The Morgan fingerprint density at radius 1 is 0.883 bits per heavy atom. The molecule has 0 aliphatic carbocycles. The number of carbonyl (C=O) groups excluding carboxylic acids is 2. The molecule has 6 aromatic rings. The van der Waals surface area contributed by atoms with Gasteiger partial charge in [-0.05, 0) is 94.4 Å². The molecule has 0 saturated heterocycles. The van der Waals surface area contributed by atoms with Crippen LogP contribution in [0.2, 0.25) is 10.0 Å². The predicted octanol–water partition coefficient (Wildman–Crippen LogP) is 8.49. The topological polar surface area (TPSA) is 142 Å². The number of hydrogen-bond acceptors (Lipinski definition) is 8. The number of hydrogen-bond donors (Lipinski definition) is 2. The van der Waals surface area contributed by atoms with Crippen LogP contribution in [0, 0.1) is 11.3 Å². The molecule has 0 spiro atoms. The van der Waals surface area contributed by atoms with Crippen molar-refractivity contribution in [1.82, 2.24) is 15.2 Å². The first-order valence-electron chi connectivity index (χ1n) is 19.4. The van der Waals surface area contributed by atoms with Crippen molar-refractivity contribution in [2.45, 2.75) is 57.1 Å². The van der Waals surface area contributed by atoms with E-state index in [9.17, 15) is 19.5 Å². The fraction of sp³-hybridized carbons (Fsp3) is 0.188. The Balaban J connectivity index is 0.972. The molecule has 3 heterocycles. The van der Waals surface area contributed by atoms with Crippen molar-refractivity contribution in [2.75, 3.05) is 0 Å². The highest BCUT2D eigenvalue weighted by Crippen LogP contribution is 2.38. The third-order valence-electron chi connectivity index (χ3n) is 10.8. The van der Waals surface area contributed by atoms with Crippen LogP contribution in [-0.4, -0.2) is 44.7 Å². The number of pyridine rings is 1. The number of carbonyl (C=O) groups is 3. The molecule has 10 nitrogen and oxygen atoms in total. The fourth-order valence-electron chi connectivity index (χ4n) is 7.63. The Labute approximate surface area is 356 Å². The molecule has 2 aliphatic heterocycles. The van der Waals surface area contributed by atoms with Crippen molar-refractivity contribution < 1.29 is 29.0 Å². The zero-order chi connectivity index (χ0) is 41.8. The largest absolute Gasteiger partial charge is 0.489 e. The van der Waals surface area contributed by atoms with Crippen molar-refractivity contribution in [2.24, 2.45) is 0 Å². The summed E-state index contributed by atoms with van der Waals surface area (Å²) in [7, 11) is 0. The van der Waals surface area contributed by atoms with Crippen molar-refractivity contribution in [3.63, 3.8) is 0 Å². The third kappa shape index (κ3) is 9.19. The SMILES string of the molecule is N#Cc1ccc(-c2ccc(C[C@H](NC(=O)[C@@H]3Cc4cc5c(cc4CN3Cc3ccccn3)OC(c3ccc(OCc4ccc(Cl)c(Cl)c4)cc3)C(=O)C5)C(=O)O)cc2)cc1. The monoisotopic (exact) mass is 836 g/mol. The molecule has 1 aromatic heterocycles. The molecule has 2 N–H and O–H groups in total. The van der Waals surface area contributed by atoms with Crippen molar-refractivity contribution in [3.8, 4) is 28.7 Å². The van der Waals surface area contributed by atoms with Crippen LogP contribution in [-0.2, 0) is 53.3 Å². The van der Waals surface area contributed by atoms with Gasteiger partial charge in [0, 0.05) is 43.3 Å². The highest BCUT2D eigenvalue weighted by molar-refractivity contribution is 6.42. The number of rotatable bonds is 12. The molecule has 0 fully saturated rings. The van der Waals surface area contributed by atoms with Crippen LogP contribution in [0.25, 0.3) is 11.1 Å². The van der Waals surface area contributed by atoms with Crippen molar-refractivity contribution in [3.05, 3.63) is 182 Å². The lowest BCUT2D eigenvalue weighted by molar-refractivity contribution is -0.142. The lowest BCUT2D eigenvalue weighted by Crippen LogP contribution is -2.54. The zero-order valence-electron chi connectivity index (χ0n) is 32.2. The molecule has 1 amide bonds. The van der Waals surface area contributed by atoms with E-state index in [1.54, 1.807) is 42.6 Å². The van der Waals surface area contributed by atoms with E-state index < -0.39 is 30.1 Å². The van der Waals surface area contributed by atoms with Gasteiger partial charge in [0.2, 0.25) is 5.91 Å². The number of halogens is 2. The van der Waals surface area contributed by atoms with Gasteiger partial charge >= 0.3 is 5.97 Å². The normalized spacial score (nSPS) is 16.4. The Hall–Kier alpha value is -6.51. The van der Waals surface area contributed by atoms with Gasteiger partial charge in [-0.2, -0.15) is 5.26 Å². The summed E-state index contributed by atoms with van der Waals surface area (Å²) in [5.41, 5.74) is 8.09. The second-order valence-corrected chi connectivity index (χ2v) is 15.7. The van der Waals surface area contributed by atoms with E-state index >= 15 is 0 Å². The van der Waals surface area contributed by atoms with Crippen molar-refractivity contribution in [1.29, 1.82) is 5.26 Å². The van der Waals surface area contributed by atoms with E-state index in [-0.39, 0.29) is 18.6 Å². The summed E-state index contributed by atoms with van der Waals surface area (Å²) in [6.45, 7) is 1.02. The maximum absolute atomic E-state index is 14.2. The Bertz CT molecular complexity index is 2600. The van der Waals surface area contributed by atoms with Gasteiger partial charge in [-0.3, -0.25) is 19.5 Å². The van der Waals surface area contributed by atoms with Gasteiger partial charge in [0.25, 0.3) is 0 Å². The molecule has 0 saturated carbocycles. The molecule has 5 aromatic carbocycles. The minimum atomic E-state index is -1.17. The van der Waals surface area contributed by atoms with Crippen LogP contribution in [0.1, 0.15) is 50.7 Å². The van der Waals surface area contributed by atoms with E-state index in [2.05, 4.69) is 16.4 Å². The van der Waals surface area contributed by atoms with Crippen LogP contribution in [0.4, 0.5) is 0 Å². The highest BCUT2D eigenvalue weighted by Gasteiger charge is 2.37. The van der Waals surface area contributed by atoms with E-state index in [0.29, 0.717) is 58.8 Å². The average molecular weight is 838 g/mol. The molecule has 12 heteroatoms. The van der Waals surface area contributed by atoms with E-state index in [4.69, 9.17) is 37.9 Å². The number of fused-ring (bicyclic) bond motifs is 2. The maximum Gasteiger partial charge on any atom is 0.326 e. The first kappa shape index (κ1) is 40.3. The molecule has 8 rings (SSSR count). The summed E-state index contributed by atoms with van der Waals surface area (Å²) < 4.78 is 12.3. The molecule has 300 valence electrons. The first-order chi connectivity index (χ1) is 29.1. The lowest BCUT2D eigenvalue weighted by atomic mass is 9.88. The summed E-state index contributed by atoms with van der Waals surface area (Å²) in [6.07, 6.45) is 1.44. The number of carboxylic acid groups (broad SMARTS) is 1. The first-order valence-corrected chi connectivity index (χ1v) is 20.1. The minimum absolute atomic E-state index is 0.0842. The number of nitrogens with one attached hydrogen (secondary N) is 1. The van der Waals surface area contributed by atoms with Crippen LogP contribution in [0.3, 0.4) is 0 Å². The summed E-state index contributed by atoms with van der Waals surface area (Å²) >= 11 is 12.2. The summed E-state index contributed by atoms with van der Waals surface area (Å²) in [5, 5.41) is 23.1. The van der Waals surface area contributed by atoms with Gasteiger partial charge in [-0.1, -0.05) is 89.9 Å². The summed E-state index contributed by atoms with van der Waals surface area (Å²) in [5.74, 6) is -0.416. The van der Waals surface area contributed by atoms with Crippen LogP contribution in [0.5, 0.6) is 11.5 Å². The number of ketones is 1. The Morgan fingerprint density at radius 3 is 2.30 bits per heavy atom. The van der Waals surface area contributed by atoms with Crippen molar-refractivity contribution >= 4 is 40.9 Å². The fourth-order valence-corrected chi connectivity index (χ4v) is 7.95. The Kier molecular flexibility index (Phi) is 11.9. The molecular weight excluding hydrogens is 799 g/mol. The number of ether oxygens (including phenoxy) is 2. The second kappa shape index (κ2) is 17.8. The molecule has 1 unspecified atom stereocenters. The van der Waals surface area contributed by atoms with Crippen LogP contribution in [0.15, 0.2) is 128 Å². The number of amides is 1. The standard InChI is InChI=1S/C48H38Cl2N4O6/c49-40-17-8-31(19-41(40)50)28-59-39-15-13-34(14-16-39)46-44(55)23-36-21-35-22-43(54(26-37(35)24-45(36)60-46)27-38-3-1-2-18-52-38)47(56)53-42(48(57)58)20-29-4-9-32(10-5-29)33-11-6-30(25-51)7-12-33/h1-19,21,24,42-43,46H,20,22-23,26-28H2,(H,53,56)(H,57,58)/t42-,43-,46?/m0/s1. The quantitative estimate of drug-likeness (QED) is 0.124. The third-order valence-corrected chi connectivity index (χ3v) is 11.6. The average Bonchev–Trinajstić information content (AvgIpc) is 3.26. The van der Waals surface area contributed by atoms with Gasteiger partial charge < -0.3 is 19.9 Å². The van der Waals surface area contributed by atoms with Gasteiger partial charge in [-0.15, -0.1) is 0 Å². The minimum Gasteiger partial charge on any atom is -0.489 e. The number of nitrogens with zero attached hydrogens (tertiary/aromatic N) is 3. The number of benzene rings is 5. The van der Waals surface area contributed by atoms with Gasteiger partial charge in [0.15, 0.2) is 11.9 Å². The number of aromatic nitrogens is 1. The lowest BCUT2D eigenvalue weighted by Gasteiger charge is -2.37. The maximum atomic E-state index is 14.2. The number of nitriles is 1. The zero-order valence-corrected chi connectivity index (χ0v) is 33.7. The summed E-state index contributed by atoms with van der Waals surface area (Å²) in [6, 6.07) is 37.0. The summed E-state index contributed by atoms with van der Waals surface area (Å²) in [4.78, 5) is 46.7. The predicted molar refractivity (Wildman–Crippen MR) is 227 cm³/mol. The van der Waals surface area contributed by atoms with Crippen LogP contribution < -0.4 is 14.8 Å². The van der Waals surface area contributed by atoms with Gasteiger partial charge in [0.05, 0.1) is 33.4 Å². The smallest absolute Gasteiger partial charge is 0.326 e. The van der Waals surface area contributed by atoms with Gasteiger partial charge in [0.1, 0.15) is 24.1 Å². The number of Topliss-reactive ketones (excluding diaryl/α,β-unsaturated/α-hetero) is 1. The molecule has 0 bridgehead atoms. The number of carboxylic acids is 1. The molecule has 0 radical (unpaired) electrons. The highest BCUT2D eigenvalue weighted by atomic mass is 35.5. The second-order valence-electron chi connectivity index (χ2n) is 14.9. The van der Waals surface area contributed by atoms with E-state index in [1.807, 2.05) is 89.8 Å². The van der Waals surface area contributed by atoms with E-state index in [0.717, 1.165) is 44.6 Å². The van der Waals surface area contributed by atoms with Crippen LogP contribution >= 0.6 is 23.2 Å². The molecule has 2 aliphatic rings. The van der Waals surface area contributed by atoms with Gasteiger partial charge in [-0.25, -0.2) is 4.79 Å². The number of aliphatic carboxylic acids is 1.